The Hall–Kier alpha value is -1.49. The van der Waals surface area contributed by atoms with Gasteiger partial charge < -0.3 is 10.2 Å². The fourth-order valence-corrected chi connectivity index (χ4v) is 1.55. The Balaban J connectivity index is 2.46. The Morgan fingerprint density at radius 1 is 1.19 bits per heavy atom. The van der Waals surface area contributed by atoms with Crippen molar-refractivity contribution in [2.45, 2.75) is 12.6 Å². The first-order chi connectivity index (χ1) is 7.50. The van der Waals surface area contributed by atoms with Crippen LogP contribution in [0.5, 0.6) is 0 Å². The molecule has 0 unspecified atom stereocenters. The molecule has 0 bridgehead atoms. The van der Waals surface area contributed by atoms with E-state index in [9.17, 15) is 13.2 Å². The van der Waals surface area contributed by atoms with Gasteiger partial charge in [0, 0.05) is 5.39 Å². The quantitative estimate of drug-likeness (QED) is 0.859. The minimum Gasteiger partial charge on any atom is -0.452 e. The molecule has 86 valence electrons. The average molecular weight is 229 g/mol. The highest BCUT2D eigenvalue weighted by Gasteiger charge is 2.35. The number of halogens is 3. The van der Waals surface area contributed by atoms with Crippen molar-refractivity contribution in [3.8, 4) is 0 Å². The molecule has 0 saturated carbocycles. The van der Waals surface area contributed by atoms with Crippen LogP contribution in [0.4, 0.5) is 13.2 Å². The lowest BCUT2D eigenvalue weighted by Gasteiger charge is -1.99. The van der Waals surface area contributed by atoms with Crippen LogP contribution in [0.1, 0.15) is 11.3 Å². The van der Waals surface area contributed by atoms with E-state index in [1.54, 1.807) is 12.1 Å². The topological polar surface area (TPSA) is 39.2 Å². The number of nitrogens with two attached hydrogens (primary N) is 1. The van der Waals surface area contributed by atoms with Crippen LogP contribution in [0, 0.1) is 0 Å². The highest BCUT2D eigenvalue weighted by Crippen LogP contribution is 2.33. The summed E-state index contributed by atoms with van der Waals surface area (Å²) in [6.45, 7) is 0.468. The second-order valence-electron chi connectivity index (χ2n) is 3.52. The van der Waals surface area contributed by atoms with Crippen LogP contribution in [0.25, 0.3) is 11.0 Å². The van der Waals surface area contributed by atoms with Gasteiger partial charge in [0.15, 0.2) is 0 Å². The number of furan rings is 1. The van der Waals surface area contributed by atoms with Crippen molar-refractivity contribution in [2.24, 2.45) is 5.73 Å². The molecule has 5 heteroatoms. The summed E-state index contributed by atoms with van der Waals surface area (Å²) >= 11 is 0. The summed E-state index contributed by atoms with van der Waals surface area (Å²) < 4.78 is 41.8. The maximum absolute atomic E-state index is 12.4. The zero-order chi connectivity index (χ0) is 11.8. The third-order valence-electron chi connectivity index (χ3n) is 2.29. The lowest BCUT2D eigenvalue weighted by molar-refractivity contribution is -0.152. The fraction of sp³-hybridized carbons (Fsp3) is 0.273. The molecule has 2 nitrogen and oxygen atoms in total. The molecule has 0 amide bonds. The van der Waals surface area contributed by atoms with Crippen molar-refractivity contribution < 1.29 is 17.6 Å². The molecule has 0 aliphatic heterocycles. The Kier molecular flexibility index (Phi) is 2.63. The van der Waals surface area contributed by atoms with E-state index in [0.717, 1.165) is 11.6 Å². The van der Waals surface area contributed by atoms with Crippen LogP contribution in [-0.4, -0.2) is 6.54 Å². The Morgan fingerprint density at radius 2 is 1.94 bits per heavy atom. The molecule has 0 aliphatic carbocycles. The van der Waals surface area contributed by atoms with Gasteiger partial charge in [-0.25, -0.2) is 0 Å². The lowest BCUT2D eigenvalue weighted by Crippen LogP contribution is -2.02. The number of hydrogen-bond acceptors (Lipinski definition) is 2. The molecule has 1 aromatic carbocycles. The summed E-state index contributed by atoms with van der Waals surface area (Å²) in [5, 5.41) is 0.457. The van der Waals surface area contributed by atoms with E-state index < -0.39 is 11.9 Å². The van der Waals surface area contributed by atoms with Crippen LogP contribution >= 0.6 is 0 Å². The number of fused-ring (bicyclic) bond motifs is 1. The van der Waals surface area contributed by atoms with Crippen molar-refractivity contribution in [3.05, 3.63) is 35.6 Å². The minimum atomic E-state index is -4.44. The SMILES string of the molecule is NCCc1ccc2oc(C(F)(F)F)cc2c1. The van der Waals surface area contributed by atoms with E-state index in [4.69, 9.17) is 10.2 Å². The van der Waals surface area contributed by atoms with Crippen molar-refractivity contribution in [1.82, 2.24) is 0 Å². The van der Waals surface area contributed by atoms with Gasteiger partial charge in [0.2, 0.25) is 5.76 Å². The molecule has 1 aromatic heterocycles. The molecule has 0 spiro atoms. The molecule has 1 heterocycles. The first-order valence-corrected chi connectivity index (χ1v) is 4.80. The summed E-state index contributed by atoms with van der Waals surface area (Å²) in [5.41, 5.74) is 6.53. The highest BCUT2D eigenvalue weighted by atomic mass is 19.4. The molecule has 0 radical (unpaired) electrons. The first kappa shape index (κ1) is 11.0. The molecule has 16 heavy (non-hydrogen) atoms. The largest absolute Gasteiger partial charge is 0.452 e. The molecular formula is C11H10F3NO. The number of benzene rings is 1. The van der Waals surface area contributed by atoms with Crippen molar-refractivity contribution in [3.63, 3.8) is 0 Å². The number of hydrogen-bond donors (Lipinski definition) is 1. The van der Waals surface area contributed by atoms with Gasteiger partial charge in [-0.1, -0.05) is 6.07 Å². The van der Waals surface area contributed by atoms with E-state index in [1.807, 2.05) is 0 Å². The molecule has 2 rings (SSSR count). The molecular weight excluding hydrogens is 219 g/mol. The van der Waals surface area contributed by atoms with Crippen LogP contribution < -0.4 is 5.73 Å². The second-order valence-corrected chi connectivity index (χ2v) is 3.52. The molecule has 0 saturated heterocycles. The zero-order valence-corrected chi connectivity index (χ0v) is 8.34. The smallest absolute Gasteiger partial charge is 0.449 e. The molecule has 0 fully saturated rings. The third-order valence-corrected chi connectivity index (χ3v) is 2.29. The van der Waals surface area contributed by atoms with Crippen LogP contribution in [0.2, 0.25) is 0 Å². The van der Waals surface area contributed by atoms with E-state index >= 15 is 0 Å². The van der Waals surface area contributed by atoms with Gasteiger partial charge in [-0.05, 0) is 36.7 Å². The van der Waals surface area contributed by atoms with E-state index in [2.05, 4.69) is 0 Å². The van der Waals surface area contributed by atoms with Crippen LogP contribution in [0.3, 0.4) is 0 Å². The predicted molar refractivity (Wildman–Crippen MR) is 54.0 cm³/mol. The predicted octanol–water partition coefficient (Wildman–Crippen LogP) is 2.95. The molecule has 0 atom stereocenters. The van der Waals surface area contributed by atoms with Crippen LogP contribution in [-0.2, 0) is 12.6 Å². The number of rotatable bonds is 2. The first-order valence-electron chi connectivity index (χ1n) is 4.80. The van der Waals surface area contributed by atoms with Crippen molar-refractivity contribution >= 4 is 11.0 Å². The van der Waals surface area contributed by atoms with Gasteiger partial charge in [0.1, 0.15) is 5.58 Å². The molecule has 2 aromatic rings. The van der Waals surface area contributed by atoms with E-state index in [0.29, 0.717) is 18.4 Å². The molecule has 0 aliphatic rings. The second kappa shape index (κ2) is 3.83. The minimum absolute atomic E-state index is 0.244. The lowest BCUT2D eigenvalue weighted by atomic mass is 10.1. The van der Waals surface area contributed by atoms with Gasteiger partial charge in [-0.15, -0.1) is 0 Å². The maximum atomic E-state index is 12.4. The highest BCUT2D eigenvalue weighted by molar-refractivity contribution is 5.78. The van der Waals surface area contributed by atoms with Gasteiger partial charge >= 0.3 is 6.18 Å². The van der Waals surface area contributed by atoms with Crippen molar-refractivity contribution in [2.75, 3.05) is 6.54 Å². The number of alkyl halides is 3. The van der Waals surface area contributed by atoms with E-state index in [1.165, 1.54) is 6.07 Å². The van der Waals surface area contributed by atoms with Gasteiger partial charge in [0.05, 0.1) is 0 Å². The monoisotopic (exact) mass is 229 g/mol. The van der Waals surface area contributed by atoms with E-state index in [-0.39, 0.29) is 5.58 Å². The van der Waals surface area contributed by atoms with Gasteiger partial charge in [-0.3, -0.25) is 0 Å². The standard InChI is InChI=1S/C11H10F3NO/c12-11(13,14)10-6-8-5-7(3-4-15)1-2-9(8)16-10/h1-2,5-6H,3-4,15H2. The fourth-order valence-electron chi connectivity index (χ4n) is 1.55. The summed E-state index contributed by atoms with van der Waals surface area (Å²) in [6, 6.07) is 5.94. The summed E-state index contributed by atoms with van der Waals surface area (Å²) in [7, 11) is 0. The van der Waals surface area contributed by atoms with Gasteiger partial charge in [0.25, 0.3) is 0 Å². The van der Waals surface area contributed by atoms with Crippen molar-refractivity contribution in [1.29, 1.82) is 0 Å². The molecule has 2 N–H and O–H groups in total. The Bertz CT molecular complexity index is 501. The Morgan fingerprint density at radius 3 is 2.56 bits per heavy atom. The summed E-state index contributed by atoms with van der Waals surface area (Å²) in [4.78, 5) is 0. The zero-order valence-electron chi connectivity index (χ0n) is 8.34. The maximum Gasteiger partial charge on any atom is 0.449 e. The summed E-state index contributed by atoms with van der Waals surface area (Å²) in [5.74, 6) is -0.965. The Labute approximate surface area is 89.8 Å². The van der Waals surface area contributed by atoms with Crippen LogP contribution in [0.15, 0.2) is 28.7 Å². The normalized spacial score (nSPS) is 12.2. The average Bonchev–Trinajstić information content (AvgIpc) is 2.60. The van der Waals surface area contributed by atoms with Gasteiger partial charge in [-0.2, -0.15) is 13.2 Å². The summed E-state index contributed by atoms with van der Waals surface area (Å²) in [6.07, 6.45) is -3.80. The third kappa shape index (κ3) is 2.04.